The lowest BCUT2D eigenvalue weighted by Gasteiger charge is -2.17. The van der Waals surface area contributed by atoms with Gasteiger partial charge in [0.05, 0.1) is 0 Å². The Morgan fingerprint density at radius 3 is 2.53 bits per heavy atom. The summed E-state index contributed by atoms with van der Waals surface area (Å²) < 4.78 is 0. The molecule has 2 unspecified atom stereocenters. The highest BCUT2D eigenvalue weighted by molar-refractivity contribution is 5.01. The molecule has 0 amide bonds. The summed E-state index contributed by atoms with van der Waals surface area (Å²) >= 11 is 0. The molecule has 0 aliphatic heterocycles. The van der Waals surface area contributed by atoms with Crippen LogP contribution in [-0.4, -0.2) is 16.0 Å². The van der Waals surface area contributed by atoms with Crippen LogP contribution in [0.25, 0.3) is 0 Å². The summed E-state index contributed by atoms with van der Waals surface area (Å²) in [6.07, 6.45) is 7.75. The Balaban J connectivity index is 2.25. The molecule has 1 heterocycles. The van der Waals surface area contributed by atoms with E-state index in [1.807, 2.05) is 12.4 Å². The van der Waals surface area contributed by atoms with E-state index >= 15 is 0 Å². The van der Waals surface area contributed by atoms with E-state index in [1.54, 1.807) is 6.33 Å². The van der Waals surface area contributed by atoms with Crippen molar-refractivity contribution in [1.29, 1.82) is 0 Å². The highest BCUT2D eigenvalue weighted by atomic mass is 14.9. The zero-order valence-corrected chi connectivity index (χ0v) is 9.90. The minimum absolute atomic E-state index is 0.556. The minimum Gasteiger partial charge on any atom is -0.310 e. The molecule has 0 spiro atoms. The molecule has 0 saturated heterocycles. The maximum absolute atomic E-state index is 3.99. The second kappa shape index (κ2) is 6.51. The SMILES string of the molecule is CCC(C)CC(C)NCc1cncnc1. The lowest BCUT2D eigenvalue weighted by molar-refractivity contribution is 0.411. The molecule has 0 aromatic carbocycles. The van der Waals surface area contributed by atoms with E-state index in [4.69, 9.17) is 0 Å². The van der Waals surface area contributed by atoms with Gasteiger partial charge in [0.2, 0.25) is 0 Å². The fraction of sp³-hybridized carbons (Fsp3) is 0.667. The van der Waals surface area contributed by atoms with Crippen LogP contribution < -0.4 is 5.32 Å². The Labute approximate surface area is 92.3 Å². The topological polar surface area (TPSA) is 37.8 Å². The van der Waals surface area contributed by atoms with Crippen molar-refractivity contribution >= 4 is 0 Å². The van der Waals surface area contributed by atoms with Gasteiger partial charge in [-0.05, 0) is 19.3 Å². The molecule has 0 fully saturated rings. The first-order chi connectivity index (χ1) is 7.22. The van der Waals surface area contributed by atoms with Crippen LogP contribution >= 0.6 is 0 Å². The number of aromatic nitrogens is 2. The van der Waals surface area contributed by atoms with Crippen LogP contribution in [0.5, 0.6) is 0 Å². The van der Waals surface area contributed by atoms with E-state index in [0.717, 1.165) is 18.0 Å². The summed E-state index contributed by atoms with van der Waals surface area (Å²) in [6, 6.07) is 0.556. The predicted molar refractivity (Wildman–Crippen MR) is 62.4 cm³/mol. The lowest BCUT2D eigenvalue weighted by Crippen LogP contribution is -2.27. The van der Waals surface area contributed by atoms with Gasteiger partial charge in [-0.3, -0.25) is 0 Å². The summed E-state index contributed by atoms with van der Waals surface area (Å²) in [5, 5.41) is 3.48. The van der Waals surface area contributed by atoms with Gasteiger partial charge < -0.3 is 5.32 Å². The maximum Gasteiger partial charge on any atom is 0.115 e. The molecular formula is C12H21N3. The molecule has 0 radical (unpaired) electrons. The number of nitrogens with zero attached hydrogens (tertiary/aromatic N) is 2. The maximum atomic E-state index is 3.99. The van der Waals surface area contributed by atoms with Crippen molar-refractivity contribution in [3.8, 4) is 0 Å². The fourth-order valence-corrected chi connectivity index (χ4v) is 1.57. The van der Waals surface area contributed by atoms with Gasteiger partial charge in [-0.1, -0.05) is 20.3 Å². The van der Waals surface area contributed by atoms with E-state index in [0.29, 0.717) is 6.04 Å². The monoisotopic (exact) mass is 207 g/mol. The first-order valence-corrected chi connectivity index (χ1v) is 5.69. The molecule has 0 saturated carbocycles. The summed E-state index contributed by atoms with van der Waals surface area (Å²) in [5.41, 5.74) is 1.15. The van der Waals surface area contributed by atoms with Gasteiger partial charge in [0.25, 0.3) is 0 Å². The van der Waals surface area contributed by atoms with Gasteiger partial charge in [-0.25, -0.2) is 9.97 Å². The highest BCUT2D eigenvalue weighted by Crippen LogP contribution is 2.09. The number of hydrogen-bond acceptors (Lipinski definition) is 3. The van der Waals surface area contributed by atoms with Crippen molar-refractivity contribution in [2.75, 3.05) is 0 Å². The number of nitrogens with one attached hydrogen (secondary N) is 1. The average Bonchev–Trinajstić information content (AvgIpc) is 2.27. The second-order valence-electron chi connectivity index (χ2n) is 4.28. The third kappa shape index (κ3) is 4.88. The second-order valence-corrected chi connectivity index (χ2v) is 4.28. The smallest absolute Gasteiger partial charge is 0.115 e. The average molecular weight is 207 g/mol. The summed E-state index contributed by atoms with van der Waals surface area (Å²) in [5.74, 6) is 0.791. The molecule has 3 heteroatoms. The molecule has 0 aliphatic carbocycles. The standard InChI is InChI=1S/C12H21N3/c1-4-10(2)5-11(3)15-8-12-6-13-9-14-7-12/h6-7,9-11,15H,4-5,8H2,1-3H3. The first kappa shape index (κ1) is 12.1. The molecule has 3 nitrogen and oxygen atoms in total. The van der Waals surface area contributed by atoms with Gasteiger partial charge in [-0.2, -0.15) is 0 Å². The Bertz CT molecular complexity index is 261. The molecule has 0 bridgehead atoms. The van der Waals surface area contributed by atoms with Crippen LogP contribution in [0.3, 0.4) is 0 Å². The molecule has 0 aliphatic rings. The number of rotatable bonds is 6. The van der Waals surface area contributed by atoms with Crippen molar-refractivity contribution in [2.45, 2.75) is 46.2 Å². The van der Waals surface area contributed by atoms with Crippen molar-refractivity contribution in [3.05, 3.63) is 24.3 Å². The molecule has 84 valence electrons. The van der Waals surface area contributed by atoms with E-state index in [1.165, 1.54) is 12.8 Å². The van der Waals surface area contributed by atoms with Crippen LogP contribution in [-0.2, 0) is 6.54 Å². The quantitative estimate of drug-likeness (QED) is 0.778. The van der Waals surface area contributed by atoms with Gasteiger partial charge in [-0.15, -0.1) is 0 Å². The van der Waals surface area contributed by atoms with Gasteiger partial charge in [0.1, 0.15) is 6.33 Å². The van der Waals surface area contributed by atoms with Crippen molar-refractivity contribution in [1.82, 2.24) is 15.3 Å². The molecule has 1 N–H and O–H groups in total. The van der Waals surface area contributed by atoms with Crippen molar-refractivity contribution < 1.29 is 0 Å². The van der Waals surface area contributed by atoms with Crippen LogP contribution in [0, 0.1) is 5.92 Å². The zero-order chi connectivity index (χ0) is 11.1. The molecule has 1 rings (SSSR count). The minimum atomic E-state index is 0.556. The Morgan fingerprint density at radius 2 is 1.93 bits per heavy atom. The number of hydrogen-bond donors (Lipinski definition) is 1. The van der Waals surface area contributed by atoms with Crippen LogP contribution in [0.2, 0.25) is 0 Å². The third-order valence-corrected chi connectivity index (χ3v) is 2.72. The van der Waals surface area contributed by atoms with Gasteiger partial charge in [0, 0.05) is 30.5 Å². The fourth-order valence-electron chi connectivity index (χ4n) is 1.57. The lowest BCUT2D eigenvalue weighted by atomic mass is 10.0. The molecular weight excluding hydrogens is 186 g/mol. The van der Waals surface area contributed by atoms with Gasteiger partial charge in [0.15, 0.2) is 0 Å². The van der Waals surface area contributed by atoms with E-state index in [-0.39, 0.29) is 0 Å². The van der Waals surface area contributed by atoms with Crippen LogP contribution in [0.4, 0.5) is 0 Å². The third-order valence-electron chi connectivity index (χ3n) is 2.72. The van der Waals surface area contributed by atoms with Crippen molar-refractivity contribution in [3.63, 3.8) is 0 Å². The van der Waals surface area contributed by atoms with Gasteiger partial charge >= 0.3 is 0 Å². The van der Waals surface area contributed by atoms with Crippen molar-refractivity contribution in [2.24, 2.45) is 5.92 Å². The van der Waals surface area contributed by atoms with Crippen LogP contribution in [0.1, 0.15) is 39.2 Å². The summed E-state index contributed by atoms with van der Waals surface area (Å²) in [4.78, 5) is 7.98. The largest absolute Gasteiger partial charge is 0.310 e. The van der Waals surface area contributed by atoms with E-state index in [2.05, 4.69) is 36.1 Å². The Morgan fingerprint density at radius 1 is 1.27 bits per heavy atom. The Hall–Kier alpha value is -0.960. The normalized spacial score (nSPS) is 14.9. The molecule has 15 heavy (non-hydrogen) atoms. The molecule has 1 aromatic rings. The molecule has 2 atom stereocenters. The summed E-state index contributed by atoms with van der Waals surface area (Å²) in [7, 11) is 0. The predicted octanol–water partition coefficient (Wildman–Crippen LogP) is 2.39. The Kier molecular flexibility index (Phi) is 5.26. The first-order valence-electron chi connectivity index (χ1n) is 5.69. The highest BCUT2D eigenvalue weighted by Gasteiger charge is 2.06. The molecule has 1 aromatic heterocycles. The van der Waals surface area contributed by atoms with E-state index in [9.17, 15) is 0 Å². The summed E-state index contributed by atoms with van der Waals surface area (Å²) in [6.45, 7) is 7.63. The zero-order valence-electron chi connectivity index (χ0n) is 9.90. The van der Waals surface area contributed by atoms with Crippen LogP contribution in [0.15, 0.2) is 18.7 Å². The van der Waals surface area contributed by atoms with E-state index < -0.39 is 0 Å².